The maximum absolute atomic E-state index is 13.1. The lowest BCUT2D eigenvalue weighted by molar-refractivity contribution is -0.125. The fourth-order valence-electron chi connectivity index (χ4n) is 4.01. The van der Waals surface area contributed by atoms with Crippen molar-refractivity contribution in [1.29, 1.82) is 0 Å². The third-order valence-electron chi connectivity index (χ3n) is 5.65. The Labute approximate surface area is 176 Å². The summed E-state index contributed by atoms with van der Waals surface area (Å²) in [5.41, 5.74) is 4.32. The molecule has 1 aliphatic rings. The molecule has 2 heterocycles. The van der Waals surface area contributed by atoms with Crippen LogP contribution in [0.4, 0.5) is 0 Å². The number of nitrogens with zero attached hydrogens (tertiary/aromatic N) is 3. The second-order valence-electron chi connectivity index (χ2n) is 7.82. The van der Waals surface area contributed by atoms with E-state index < -0.39 is 0 Å². The van der Waals surface area contributed by atoms with E-state index >= 15 is 0 Å². The molecule has 0 radical (unpaired) electrons. The lowest BCUT2D eigenvalue weighted by Crippen LogP contribution is -2.38. The molecule has 0 bridgehead atoms. The summed E-state index contributed by atoms with van der Waals surface area (Å²) in [4.78, 5) is 22.3. The van der Waals surface area contributed by atoms with Gasteiger partial charge in [0.2, 0.25) is 5.91 Å². The highest BCUT2D eigenvalue weighted by Crippen LogP contribution is 2.31. The highest BCUT2D eigenvalue weighted by atomic mass is 32.2. The smallest absolute Gasteiger partial charge is 0.243 e. The minimum absolute atomic E-state index is 0.0970. The van der Waals surface area contributed by atoms with E-state index in [4.69, 9.17) is 4.98 Å². The van der Waals surface area contributed by atoms with Gasteiger partial charge in [-0.1, -0.05) is 61.4 Å². The van der Waals surface area contributed by atoms with E-state index in [-0.39, 0.29) is 11.9 Å². The minimum atomic E-state index is -0.273. The van der Waals surface area contributed by atoms with Crippen LogP contribution in [0.5, 0.6) is 0 Å². The van der Waals surface area contributed by atoms with E-state index in [1.54, 1.807) is 18.0 Å². The molecule has 0 aliphatic heterocycles. The van der Waals surface area contributed by atoms with Crippen molar-refractivity contribution in [2.75, 3.05) is 0 Å². The van der Waals surface area contributed by atoms with Gasteiger partial charge in [-0.05, 0) is 37.8 Å². The molecule has 1 aliphatic carbocycles. The van der Waals surface area contributed by atoms with Crippen molar-refractivity contribution in [3.63, 3.8) is 0 Å². The second kappa shape index (κ2) is 8.99. The van der Waals surface area contributed by atoms with Gasteiger partial charge in [0.1, 0.15) is 6.04 Å². The summed E-state index contributed by atoms with van der Waals surface area (Å²) >= 11 is 1.68. The first-order valence-electron chi connectivity index (χ1n) is 10.5. The quantitative estimate of drug-likeness (QED) is 0.556. The molecule has 0 unspecified atom stereocenters. The fraction of sp³-hybridized carbons (Fsp3) is 0.435. The van der Waals surface area contributed by atoms with Gasteiger partial charge in [-0.3, -0.25) is 9.78 Å². The minimum Gasteiger partial charge on any atom is -0.352 e. The SMILES string of the molecule is CC[C@H](C(=O)NC1CCCC1)n1c(SCc2ccc(C)cc2)nc2ccncc21. The summed E-state index contributed by atoms with van der Waals surface area (Å²) in [5, 5.41) is 4.15. The van der Waals surface area contributed by atoms with Gasteiger partial charge in [-0.15, -0.1) is 0 Å². The number of pyridine rings is 1. The summed E-state index contributed by atoms with van der Waals surface area (Å²) in [6.45, 7) is 4.16. The molecule has 152 valence electrons. The largest absolute Gasteiger partial charge is 0.352 e. The molecule has 1 N–H and O–H groups in total. The van der Waals surface area contributed by atoms with Gasteiger partial charge in [-0.2, -0.15) is 0 Å². The van der Waals surface area contributed by atoms with Crippen LogP contribution in [-0.4, -0.2) is 26.5 Å². The first-order valence-corrected chi connectivity index (χ1v) is 11.4. The Balaban J connectivity index is 1.62. The van der Waals surface area contributed by atoms with Gasteiger partial charge >= 0.3 is 0 Å². The summed E-state index contributed by atoms with van der Waals surface area (Å²) in [5.74, 6) is 0.914. The lowest BCUT2D eigenvalue weighted by atomic mass is 10.1. The molecule has 1 fully saturated rings. The van der Waals surface area contributed by atoms with Gasteiger partial charge in [0.25, 0.3) is 0 Å². The molecular formula is C23H28N4OS. The van der Waals surface area contributed by atoms with Crippen LogP contribution >= 0.6 is 11.8 Å². The van der Waals surface area contributed by atoms with Gasteiger partial charge in [0, 0.05) is 18.0 Å². The Morgan fingerprint density at radius 3 is 2.72 bits per heavy atom. The standard InChI is InChI=1S/C23H28N4OS/c1-3-20(22(28)25-18-6-4-5-7-18)27-21-14-24-13-12-19(21)26-23(27)29-15-17-10-8-16(2)9-11-17/h8-14,18,20H,3-7,15H2,1-2H3,(H,25,28)/t20-/m1/s1. The fourth-order valence-corrected chi connectivity index (χ4v) is 5.02. The number of benzene rings is 1. The number of carbonyl (C=O) groups is 1. The number of imidazole rings is 1. The molecule has 1 atom stereocenters. The van der Waals surface area contributed by atoms with Crippen molar-refractivity contribution in [3.8, 4) is 0 Å². The van der Waals surface area contributed by atoms with Crippen molar-refractivity contribution in [1.82, 2.24) is 19.9 Å². The van der Waals surface area contributed by atoms with Crippen molar-refractivity contribution in [2.24, 2.45) is 0 Å². The maximum atomic E-state index is 13.1. The molecule has 4 rings (SSSR count). The van der Waals surface area contributed by atoms with Crippen molar-refractivity contribution in [2.45, 2.75) is 68.9 Å². The van der Waals surface area contributed by atoms with Crippen LogP contribution < -0.4 is 5.32 Å². The average molecular weight is 409 g/mol. The van der Waals surface area contributed by atoms with E-state index in [0.29, 0.717) is 6.04 Å². The molecule has 2 aromatic heterocycles. The zero-order chi connectivity index (χ0) is 20.2. The maximum Gasteiger partial charge on any atom is 0.243 e. The van der Waals surface area contributed by atoms with Crippen LogP contribution in [0, 0.1) is 6.92 Å². The molecule has 1 saturated carbocycles. The number of aryl methyl sites for hydroxylation is 1. The summed E-state index contributed by atoms with van der Waals surface area (Å²) in [6.07, 6.45) is 8.88. The number of thioether (sulfide) groups is 1. The molecule has 1 aromatic carbocycles. The van der Waals surface area contributed by atoms with Gasteiger partial charge in [0.05, 0.1) is 17.2 Å². The van der Waals surface area contributed by atoms with Crippen LogP contribution in [0.3, 0.4) is 0 Å². The van der Waals surface area contributed by atoms with Crippen LogP contribution in [0.15, 0.2) is 47.9 Å². The lowest BCUT2D eigenvalue weighted by Gasteiger charge is -2.22. The normalized spacial score (nSPS) is 15.7. The monoisotopic (exact) mass is 408 g/mol. The Morgan fingerprint density at radius 2 is 2.00 bits per heavy atom. The number of hydrogen-bond donors (Lipinski definition) is 1. The number of aromatic nitrogens is 3. The van der Waals surface area contributed by atoms with Gasteiger partial charge < -0.3 is 9.88 Å². The van der Waals surface area contributed by atoms with Crippen LogP contribution in [0.25, 0.3) is 11.0 Å². The van der Waals surface area contributed by atoms with Crippen molar-refractivity contribution in [3.05, 3.63) is 53.9 Å². The number of fused-ring (bicyclic) bond motifs is 1. The molecule has 29 heavy (non-hydrogen) atoms. The van der Waals surface area contributed by atoms with E-state index in [1.165, 1.54) is 24.0 Å². The average Bonchev–Trinajstić information content (AvgIpc) is 3.36. The number of carbonyl (C=O) groups excluding carboxylic acids is 1. The second-order valence-corrected chi connectivity index (χ2v) is 8.76. The molecule has 0 spiro atoms. The van der Waals surface area contributed by atoms with Crippen LogP contribution in [0.2, 0.25) is 0 Å². The molecule has 3 aromatic rings. The Kier molecular flexibility index (Phi) is 6.19. The van der Waals surface area contributed by atoms with E-state index in [1.807, 2.05) is 12.3 Å². The van der Waals surface area contributed by atoms with E-state index in [2.05, 4.69) is 53.0 Å². The number of rotatable bonds is 7. The third kappa shape index (κ3) is 4.47. The predicted molar refractivity (Wildman–Crippen MR) is 118 cm³/mol. The first kappa shape index (κ1) is 20.0. The highest BCUT2D eigenvalue weighted by Gasteiger charge is 2.27. The molecule has 0 saturated heterocycles. The van der Waals surface area contributed by atoms with E-state index in [9.17, 15) is 4.79 Å². The third-order valence-corrected chi connectivity index (χ3v) is 6.67. The highest BCUT2D eigenvalue weighted by molar-refractivity contribution is 7.98. The molecule has 1 amide bonds. The molecular weight excluding hydrogens is 380 g/mol. The van der Waals surface area contributed by atoms with Gasteiger partial charge in [-0.25, -0.2) is 4.98 Å². The number of amides is 1. The number of hydrogen-bond acceptors (Lipinski definition) is 4. The summed E-state index contributed by atoms with van der Waals surface area (Å²) in [7, 11) is 0. The van der Waals surface area contributed by atoms with Crippen molar-refractivity contribution < 1.29 is 4.79 Å². The topological polar surface area (TPSA) is 59.8 Å². The first-order chi connectivity index (χ1) is 14.2. The zero-order valence-electron chi connectivity index (χ0n) is 17.1. The Bertz CT molecular complexity index is 976. The summed E-state index contributed by atoms with van der Waals surface area (Å²) in [6, 6.07) is 10.5. The van der Waals surface area contributed by atoms with Gasteiger partial charge in [0.15, 0.2) is 5.16 Å². The molecule has 6 heteroatoms. The van der Waals surface area contributed by atoms with E-state index in [0.717, 1.165) is 41.2 Å². The Morgan fingerprint density at radius 1 is 1.24 bits per heavy atom. The van der Waals surface area contributed by atoms with Crippen LogP contribution in [0.1, 0.15) is 56.2 Å². The zero-order valence-corrected chi connectivity index (χ0v) is 17.9. The van der Waals surface area contributed by atoms with Crippen molar-refractivity contribution >= 4 is 28.7 Å². The Hall–Kier alpha value is -2.34. The number of nitrogens with one attached hydrogen (secondary N) is 1. The predicted octanol–water partition coefficient (Wildman–Crippen LogP) is 5.04. The summed E-state index contributed by atoms with van der Waals surface area (Å²) < 4.78 is 2.09. The van der Waals surface area contributed by atoms with Crippen LogP contribution in [-0.2, 0) is 10.5 Å². The molecule has 5 nitrogen and oxygen atoms in total.